The second-order valence-corrected chi connectivity index (χ2v) is 3.36. The van der Waals surface area contributed by atoms with Gasteiger partial charge in [-0.25, -0.2) is 0 Å². The topological polar surface area (TPSA) is 0 Å². The first kappa shape index (κ1) is 10.8. The molecule has 0 bridgehead atoms. The Morgan fingerprint density at radius 1 is 0.769 bits per heavy atom. The van der Waals surface area contributed by atoms with Crippen LogP contribution in [0.1, 0.15) is 0 Å². The van der Waals surface area contributed by atoms with Gasteiger partial charge in [-0.2, -0.15) is 0 Å². The molecule has 0 nitrogen and oxygen atoms in total. The largest absolute Gasteiger partial charge is 0.339 e. The predicted molar refractivity (Wildman–Crippen MR) is 52.4 cm³/mol. The molecule has 2 aliphatic carbocycles. The van der Waals surface area contributed by atoms with Crippen LogP contribution in [0.2, 0.25) is 0 Å². The van der Waals surface area contributed by atoms with Crippen LogP contribution in [-0.2, 0) is 21.7 Å². The number of rotatable bonds is 2. The molecule has 0 atom stereocenters. The Bertz CT molecular complexity index is 219. The monoisotopic (exact) mass is 205 g/mol. The van der Waals surface area contributed by atoms with Gasteiger partial charge in [0.05, 0.1) is 0 Å². The molecule has 0 heterocycles. The molecule has 0 radical (unpaired) electrons. The molecule has 0 saturated carbocycles. The zero-order valence-corrected chi connectivity index (χ0v) is 9.12. The van der Waals surface area contributed by atoms with Crippen molar-refractivity contribution in [1.29, 1.82) is 0 Å². The van der Waals surface area contributed by atoms with Crippen LogP contribution < -0.4 is 0 Å². The van der Waals surface area contributed by atoms with Gasteiger partial charge in [0.15, 0.2) is 0 Å². The summed E-state index contributed by atoms with van der Waals surface area (Å²) in [5.74, 6) is 1.51. The van der Waals surface area contributed by atoms with E-state index >= 15 is 0 Å². The minimum absolute atomic E-state index is 0. The van der Waals surface area contributed by atoms with Crippen molar-refractivity contribution in [2.75, 3.05) is 0 Å². The third-order valence-corrected chi connectivity index (χ3v) is 2.54. The van der Waals surface area contributed by atoms with Gasteiger partial charge in [0.25, 0.3) is 0 Å². The van der Waals surface area contributed by atoms with Crippen molar-refractivity contribution in [3.05, 3.63) is 55.5 Å². The van der Waals surface area contributed by atoms with Gasteiger partial charge in [0.1, 0.15) is 0 Å². The Morgan fingerprint density at radius 2 is 1.08 bits per heavy atom. The standard InChI is InChI=1S/C12H13.Ti/c1-10(11-6-2-3-7-11)12-8-4-5-9-12;/h2-12H,1H2;/q-1;. The average molecular weight is 205 g/mol. The summed E-state index contributed by atoms with van der Waals surface area (Å²) in [6.07, 6.45) is 17.3. The zero-order valence-electron chi connectivity index (χ0n) is 7.56. The fourth-order valence-electron chi connectivity index (χ4n) is 1.73. The van der Waals surface area contributed by atoms with Crippen LogP contribution in [0.4, 0.5) is 0 Å². The van der Waals surface area contributed by atoms with Gasteiger partial charge in [-0.3, -0.25) is 0 Å². The van der Waals surface area contributed by atoms with Crippen molar-refractivity contribution < 1.29 is 21.7 Å². The summed E-state index contributed by atoms with van der Waals surface area (Å²) in [6, 6.07) is 0. The quantitative estimate of drug-likeness (QED) is 0.480. The second kappa shape index (κ2) is 4.78. The maximum absolute atomic E-state index is 4.20. The molecule has 0 amide bonds. The number of hydrogen-bond acceptors (Lipinski definition) is 0. The molecule has 66 valence electrons. The summed E-state index contributed by atoms with van der Waals surface area (Å²) in [4.78, 5) is 0. The Hall–Kier alpha value is -0.326. The van der Waals surface area contributed by atoms with Crippen molar-refractivity contribution in [2.24, 2.45) is 17.8 Å². The van der Waals surface area contributed by atoms with E-state index in [0.29, 0.717) is 17.8 Å². The van der Waals surface area contributed by atoms with E-state index in [9.17, 15) is 0 Å². The van der Waals surface area contributed by atoms with Gasteiger partial charge in [0.2, 0.25) is 0 Å². The van der Waals surface area contributed by atoms with Crippen LogP contribution in [-0.4, -0.2) is 0 Å². The van der Waals surface area contributed by atoms with E-state index in [1.165, 1.54) is 0 Å². The molecule has 0 aromatic carbocycles. The molecule has 0 aliphatic heterocycles. The first-order chi connectivity index (χ1) is 5.88. The Labute approximate surface area is 95.0 Å². The summed E-state index contributed by atoms with van der Waals surface area (Å²) in [5, 5.41) is 0. The van der Waals surface area contributed by atoms with E-state index in [2.05, 4.69) is 55.5 Å². The second-order valence-electron chi connectivity index (χ2n) is 3.36. The van der Waals surface area contributed by atoms with Crippen LogP contribution >= 0.6 is 0 Å². The van der Waals surface area contributed by atoms with E-state index in [-0.39, 0.29) is 21.7 Å². The maximum Gasteiger partial charge on any atom is 0 e. The predicted octanol–water partition coefficient (Wildman–Crippen LogP) is 2.92. The molecular formula is C12H13Ti-. The Balaban J connectivity index is 0.000000845. The van der Waals surface area contributed by atoms with Crippen LogP contribution in [0.3, 0.4) is 0 Å². The van der Waals surface area contributed by atoms with Crippen molar-refractivity contribution >= 4 is 0 Å². The smallest absolute Gasteiger partial charge is 0 e. The van der Waals surface area contributed by atoms with Gasteiger partial charge in [-0.05, 0) is 11.8 Å². The summed E-state index contributed by atoms with van der Waals surface area (Å²) >= 11 is 0. The fraction of sp³-hybridized carbons (Fsp3) is 0.250. The molecule has 2 rings (SSSR count). The molecule has 0 N–H and O–H groups in total. The molecule has 0 aromatic heterocycles. The third kappa shape index (κ3) is 2.33. The van der Waals surface area contributed by atoms with E-state index in [1.807, 2.05) is 0 Å². The number of allylic oxidation sites excluding steroid dienone is 8. The van der Waals surface area contributed by atoms with E-state index in [4.69, 9.17) is 0 Å². The number of hydrogen-bond donors (Lipinski definition) is 0. The zero-order chi connectivity index (χ0) is 8.39. The van der Waals surface area contributed by atoms with Crippen molar-refractivity contribution in [2.45, 2.75) is 0 Å². The molecule has 0 aromatic rings. The third-order valence-electron chi connectivity index (χ3n) is 2.54. The minimum Gasteiger partial charge on any atom is -0.339 e. The molecule has 0 unspecified atom stereocenters. The van der Waals surface area contributed by atoms with Gasteiger partial charge >= 0.3 is 0 Å². The molecule has 2 aliphatic rings. The first-order valence-electron chi connectivity index (χ1n) is 4.41. The molecule has 1 heteroatoms. The van der Waals surface area contributed by atoms with E-state index in [0.717, 1.165) is 0 Å². The van der Waals surface area contributed by atoms with Crippen molar-refractivity contribution in [3.63, 3.8) is 0 Å². The summed E-state index contributed by atoms with van der Waals surface area (Å²) in [5.41, 5.74) is 0. The average Bonchev–Trinajstić information content (AvgIpc) is 2.77. The SMILES string of the molecule is [CH2-]C(C1C=CC=C1)C1C=CC=C1.[Ti]. The minimum atomic E-state index is 0. The van der Waals surface area contributed by atoms with E-state index in [1.54, 1.807) is 0 Å². The molecule has 0 saturated heterocycles. The van der Waals surface area contributed by atoms with Crippen LogP contribution in [0.5, 0.6) is 0 Å². The summed E-state index contributed by atoms with van der Waals surface area (Å²) < 4.78 is 0. The molecule has 13 heavy (non-hydrogen) atoms. The van der Waals surface area contributed by atoms with E-state index < -0.39 is 0 Å². The Kier molecular flexibility index (Phi) is 3.96. The summed E-state index contributed by atoms with van der Waals surface area (Å²) in [7, 11) is 0. The molecule has 0 spiro atoms. The maximum atomic E-state index is 4.20. The van der Waals surface area contributed by atoms with Crippen LogP contribution in [0, 0.1) is 24.7 Å². The van der Waals surface area contributed by atoms with Crippen molar-refractivity contribution in [1.82, 2.24) is 0 Å². The van der Waals surface area contributed by atoms with Gasteiger partial charge in [-0.15, -0.1) is 5.92 Å². The fourth-order valence-corrected chi connectivity index (χ4v) is 1.73. The van der Waals surface area contributed by atoms with Gasteiger partial charge in [0, 0.05) is 21.7 Å². The van der Waals surface area contributed by atoms with Gasteiger partial charge < -0.3 is 6.92 Å². The van der Waals surface area contributed by atoms with Crippen LogP contribution in [0.15, 0.2) is 48.6 Å². The first-order valence-corrected chi connectivity index (χ1v) is 4.41. The normalized spacial score (nSPS) is 20.5. The van der Waals surface area contributed by atoms with Crippen LogP contribution in [0.25, 0.3) is 0 Å². The molecular weight excluding hydrogens is 192 g/mol. The summed E-state index contributed by atoms with van der Waals surface area (Å²) in [6.45, 7) is 4.20. The van der Waals surface area contributed by atoms with Gasteiger partial charge in [-0.1, -0.05) is 48.6 Å². The Morgan fingerprint density at radius 3 is 1.38 bits per heavy atom. The molecule has 0 fully saturated rings. The van der Waals surface area contributed by atoms with Crippen molar-refractivity contribution in [3.8, 4) is 0 Å².